The first kappa shape index (κ1) is 18.8. The molecule has 5 heteroatoms. The minimum atomic E-state index is -0.399. The van der Waals surface area contributed by atoms with E-state index >= 15 is 0 Å². The predicted molar refractivity (Wildman–Crippen MR) is 97.1 cm³/mol. The third-order valence-electron chi connectivity index (χ3n) is 3.57. The highest BCUT2D eigenvalue weighted by Gasteiger charge is 2.13. The minimum Gasteiger partial charge on any atom is -0.489 e. The molecule has 0 atom stereocenters. The maximum Gasteiger partial charge on any atom is 0.336 e. The molecule has 134 valence electrons. The summed E-state index contributed by atoms with van der Waals surface area (Å²) in [5, 5.41) is 0.828. The summed E-state index contributed by atoms with van der Waals surface area (Å²) < 4.78 is 16.2. The summed E-state index contributed by atoms with van der Waals surface area (Å²) in [5.74, 6) is 0.332. The maximum atomic E-state index is 11.8. The highest BCUT2D eigenvalue weighted by Crippen LogP contribution is 2.28. The lowest BCUT2D eigenvalue weighted by atomic mass is 10.0. The van der Waals surface area contributed by atoms with E-state index < -0.39 is 5.63 Å². The van der Waals surface area contributed by atoms with Gasteiger partial charge in [-0.15, -0.1) is 0 Å². The Labute approximate surface area is 147 Å². The molecule has 0 saturated carbocycles. The molecule has 1 aromatic carbocycles. The van der Waals surface area contributed by atoms with E-state index in [0.29, 0.717) is 24.4 Å². The van der Waals surface area contributed by atoms with E-state index in [1.165, 1.54) is 6.07 Å². The Bertz CT molecular complexity index is 845. The van der Waals surface area contributed by atoms with Crippen molar-refractivity contribution in [2.24, 2.45) is 0 Å². The molecule has 0 aliphatic rings. The smallest absolute Gasteiger partial charge is 0.336 e. The molecule has 0 radical (unpaired) electrons. The van der Waals surface area contributed by atoms with Gasteiger partial charge in [-0.25, -0.2) is 4.79 Å². The van der Waals surface area contributed by atoms with Crippen molar-refractivity contribution < 1.29 is 18.7 Å². The molecule has 0 aliphatic heterocycles. The monoisotopic (exact) mass is 344 g/mol. The van der Waals surface area contributed by atoms with Gasteiger partial charge < -0.3 is 13.9 Å². The molecule has 2 rings (SSSR count). The summed E-state index contributed by atoms with van der Waals surface area (Å²) in [4.78, 5) is 23.4. The zero-order valence-electron chi connectivity index (χ0n) is 15.2. The summed E-state index contributed by atoms with van der Waals surface area (Å²) in [6.45, 7) is 11.5. The van der Waals surface area contributed by atoms with Gasteiger partial charge in [0.2, 0.25) is 0 Å². The second kappa shape index (κ2) is 8.01. The fourth-order valence-electron chi connectivity index (χ4n) is 2.48. The number of fused-ring (bicyclic) bond motifs is 1. The second-order valence-electron chi connectivity index (χ2n) is 6.49. The van der Waals surface area contributed by atoms with Crippen molar-refractivity contribution in [3.05, 3.63) is 51.9 Å². The van der Waals surface area contributed by atoms with Gasteiger partial charge in [-0.1, -0.05) is 6.58 Å². The fraction of sp³-hybridized carbons (Fsp3) is 0.400. The number of hydrogen-bond donors (Lipinski definition) is 0. The van der Waals surface area contributed by atoms with Gasteiger partial charge in [-0.05, 0) is 56.9 Å². The zero-order chi connectivity index (χ0) is 18.6. The fourth-order valence-corrected chi connectivity index (χ4v) is 2.48. The van der Waals surface area contributed by atoms with Crippen molar-refractivity contribution in [3.63, 3.8) is 0 Å². The lowest BCUT2D eigenvalue weighted by Gasteiger charge is -2.14. The Kier molecular flexibility index (Phi) is 6.02. The number of ether oxygens (including phenoxy) is 2. The first-order chi connectivity index (χ1) is 11.8. The molecule has 0 amide bonds. The molecule has 0 fully saturated rings. The molecular formula is C20H24O5. The van der Waals surface area contributed by atoms with E-state index in [1.807, 2.05) is 33.8 Å². The lowest BCUT2D eigenvalue weighted by molar-refractivity contribution is -0.147. The second-order valence-corrected chi connectivity index (χ2v) is 6.49. The normalized spacial score (nSPS) is 10.9. The Balaban J connectivity index is 2.36. The molecule has 2 aromatic rings. The van der Waals surface area contributed by atoms with Gasteiger partial charge in [0.15, 0.2) is 0 Å². The Morgan fingerprint density at radius 3 is 2.64 bits per heavy atom. The van der Waals surface area contributed by atoms with Crippen LogP contribution in [-0.4, -0.2) is 18.7 Å². The van der Waals surface area contributed by atoms with E-state index in [9.17, 15) is 9.59 Å². The topological polar surface area (TPSA) is 65.7 Å². The molecule has 0 N–H and O–H groups in total. The molecule has 0 saturated heterocycles. The molecule has 0 aliphatic carbocycles. The van der Waals surface area contributed by atoms with Crippen LogP contribution in [0.4, 0.5) is 0 Å². The van der Waals surface area contributed by atoms with Crippen molar-refractivity contribution in [2.45, 2.75) is 46.6 Å². The Hall–Kier alpha value is -2.56. The number of aryl methyl sites for hydroxylation is 2. The van der Waals surface area contributed by atoms with Crippen LogP contribution >= 0.6 is 0 Å². The van der Waals surface area contributed by atoms with Crippen LogP contribution < -0.4 is 10.4 Å². The van der Waals surface area contributed by atoms with Crippen LogP contribution in [0, 0.1) is 6.92 Å². The number of benzene rings is 1. The summed E-state index contributed by atoms with van der Waals surface area (Å²) in [7, 11) is 0. The van der Waals surface area contributed by atoms with Crippen molar-refractivity contribution >= 4 is 16.9 Å². The maximum absolute atomic E-state index is 11.8. The molecular weight excluding hydrogens is 320 g/mol. The van der Waals surface area contributed by atoms with Crippen LogP contribution in [0.3, 0.4) is 0 Å². The number of hydrogen-bond acceptors (Lipinski definition) is 5. The average Bonchev–Trinajstić information content (AvgIpc) is 2.49. The molecule has 1 aromatic heterocycles. The van der Waals surface area contributed by atoms with Gasteiger partial charge in [0.05, 0.1) is 6.10 Å². The van der Waals surface area contributed by atoms with Gasteiger partial charge >= 0.3 is 11.6 Å². The molecule has 5 nitrogen and oxygen atoms in total. The van der Waals surface area contributed by atoms with Gasteiger partial charge in [-0.2, -0.15) is 0 Å². The standard InChI is InChI=1S/C20H24O5/c1-12(2)11-23-17-10-18-16(14(5)8-20(22)25-18)9-15(17)6-7-19(21)24-13(3)4/h8-10,13H,1,6-7,11H2,2-5H3. The third kappa shape index (κ3) is 5.21. The molecule has 0 spiro atoms. The van der Waals surface area contributed by atoms with Crippen LogP contribution in [0.2, 0.25) is 0 Å². The average molecular weight is 344 g/mol. The lowest BCUT2D eigenvalue weighted by Crippen LogP contribution is -2.12. The quantitative estimate of drug-likeness (QED) is 0.432. The van der Waals surface area contributed by atoms with E-state index in [-0.39, 0.29) is 18.5 Å². The largest absolute Gasteiger partial charge is 0.489 e. The molecule has 0 bridgehead atoms. The van der Waals surface area contributed by atoms with Crippen molar-refractivity contribution in [3.8, 4) is 5.75 Å². The van der Waals surface area contributed by atoms with E-state index in [4.69, 9.17) is 13.9 Å². The summed E-state index contributed by atoms with van der Waals surface area (Å²) in [5.41, 5.74) is 2.63. The molecule has 0 unspecified atom stereocenters. The van der Waals surface area contributed by atoms with Gasteiger partial charge in [-0.3, -0.25) is 4.79 Å². The Morgan fingerprint density at radius 1 is 1.28 bits per heavy atom. The minimum absolute atomic E-state index is 0.139. The van der Waals surface area contributed by atoms with Crippen LogP contribution in [0.5, 0.6) is 5.75 Å². The zero-order valence-corrected chi connectivity index (χ0v) is 15.2. The highest BCUT2D eigenvalue weighted by molar-refractivity contribution is 5.83. The first-order valence-corrected chi connectivity index (χ1v) is 8.30. The van der Waals surface area contributed by atoms with Crippen LogP contribution in [0.25, 0.3) is 11.0 Å². The van der Waals surface area contributed by atoms with E-state index in [2.05, 4.69) is 6.58 Å². The van der Waals surface area contributed by atoms with E-state index in [1.54, 1.807) is 6.07 Å². The molecule has 1 heterocycles. The summed E-state index contributed by atoms with van der Waals surface area (Å²) >= 11 is 0. The van der Waals surface area contributed by atoms with Gasteiger partial charge in [0.1, 0.15) is 17.9 Å². The SMILES string of the molecule is C=C(C)COc1cc2oc(=O)cc(C)c2cc1CCC(=O)OC(C)C. The van der Waals surface area contributed by atoms with Crippen LogP contribution in [-0.2, 0) is 16.0 Å². The third-order valence-corrected chi connectivity index (χ3v) is 3.57. The van der Waals surface area contributed by atoms with Crippen molar-refractivity contribution in [2.75, 3.05) is 6.61 Å². The summed E-state index contributed by atoms with van der Waals surface area (Å²) in [6, 6.07) is 5.06. The number of carbonyl (C=O) groups is 1. The van der Waals surface area contributed by atoms with Crippen LogP contribution in [0.1, 0.15) is 38.3 Å². The predicted octanol–water partition coefficient (Wildman–Crippen LogP) is 3.94. The summed E-state index contributed by atoms with van der Waals surface area (Å²) in [6.07, 6.45) is 0.592. The van der Waals surface area contributed by atoms with Crippen molar-refractivity contribution in [1.29, 1.82) is 0 Å². The number of rotatable bonds is 7. The highest BCUT2D eigenvalue weighted by atomic mass is 16.5. The van der Waals surface area contributed by atoms with Gasteiger partial charge in [0, 0.05) is 23.9 Å². The van der Waals surface area contributed by atoms with Gasteiger partial charge in [0.25, 0.3) is 0 Å². The van der Waals surface area contributed by atoms with Crippen LogP contribution in [0.15, 0.2) is 39.6 Å². The first-order valence-electron chi connectivity index (χ1n) is 8.30. The molecule has 25 heavy (non-hydrogen) atoms. The number of carbonyl (C=O) groups excluding carboxylic acids is 1. The van der Waals surface area contributed by atoms with E-state index in [0.717, 1.165) is 22.1 Å². The Morgan fingerprint density at radius 2 is 2.00 bits per heavy atom. The number of esters is 1. The van der Waals surface area contributed by atoms with Crippen molar-refractivity contribution in [1.82, 2.24) is 0 Å².